The van der Waals surface area contributed by atoms with Crippen LogP contribution in [0.15, 0.2) is 10.8 Å². The van der Waals surface area contributed by atoms with E-state index < -0.39 is 38.7 Å². The molecule has 1 rings (SSSR count). The van der Waals surface area contributed by atoms with E-state index in [1.165, 1.54) is 0 Å². The lowest BCUT2D eigenvalue weighted by molar-refractivity contribution is -0.386. The summed E-state index contributed by atoms with van der Waals surface area (Å²) in [6, 6.07) is 0. The van der Waals surface area contributed by atoms with Crippen molar-refractivity contribution in [3.05, 3.63) is 32.0 Å². The number of carboxylic acids is 1. The van der Waals surface area contributed by atoms with Crippen LogP contribution in [0.2, 0.25) is 0 Å². The number of hydrogen-bond acceptors (Lipinski definition) is 4. The van der Waals surface area contributed by atoms with Gasteiger partial charge in [-0.1, -0.05) is 0 Å². The van der Waals surface area contributed by atoms with Crippen molar-refractivity contribution < 1.29 is 23.6 Å². The van der Waals surface area contributed by atoms with Crippen molar-refractivity contribution in [1.82, 2.24) is 4.98 Å². The molecule has 6 nitrogen and oxygen atoms in total. The predicted molar refractivity (Wildman–Crippen MR) is 50.5 cm³/mol. The average molecular weight is 297 g/mol. The summed E-state index contributed by atoms with van der Waals surface area (Å²) in [6.07, 6.45) is -2.54. The SMILES string of the molecule is O=C(O)c1cnc(Br)c(C(F)F)c1[N+](=O)[O-]. The Hall–Kier alpha value is -1.64. The predicted octanol–water partition coefficient (Wildman–Crippen LogP) is 2.39. The highest BCUT2D eigenvalue weighted by molar-refractivity contribution is 9.10. The molecule has 1 N–H and O–H groups in total. The van der Waals surface area contributed by atoms with Gasteiger partial charge in [-0.2, -0.15) is 0 Å². The molecule has 0 atom stereocenters. The molecule has 0 aromatic carbocycles. The zero-order valence-electron chi connectivity index (χ0n) is 7.35. The monoisotopic (exact) mass is 296 g/mol. The molecular weight excluding hydrogens is 294 g/mol. The van der Waals surface area contributed by atoms with Crippen LogP contribution in [0.1, 0.15) is 22.3 Å². The lowest BCUT2D eigenvalue weighted by atomic mass is 10.1. The molecular formula is C7H3BrF2N2O4. The average Bonchev–Trinajstić information content (AvgIpc) is 2.15. The van der Waals surface area contributed by atoms with E-state index in [2.05, 4.69) is 20.9 Å². The Morgan fingerprint density at radius 1 is 1.62 bits per heavy atom. The maximum Gasteiger partial charge on any atom is 0.344 e. The van der Waals surface area contributed by atoms with Gasteiger partial charge >= 0.3 is 5.97 Å². The summed E-state index contributed by atoms with van der Waals surface area (Å²) in [5, 5.41) is 19.2. The van der Waals surface area contributed by atoms with E-state index in [4.69, 9.17) is 5.11 Å². The Labute approximate surface area is 95.2 Å². The second-order valence-corrected chi connectivity index (χ2v) is 3.34. The number of aromatic carboxylic acids is 1. The summed E-state index contributed by atoms with van der Waals surface area (Å²) in [5.74, 6) is -1.69. The van der Waals surface area contributed by atoms with E-state index in [0.29, 0.717) is 6.20 Å². The minimum Gasteiger partial charge on any atom is -0.477 e. The molecule has 1 aromatic rings. The number of pyridine rings is 1. The van der Waals surface area contributed by atoms with Gasteiger partial charge in [0.2, 0.25) is 0 Å². The Morgan fingerprint density at radius 3 is 2.56 bits per heavy atom. The van der Waals surface area contributed by atoms with Crippen LogP contribution in [-0.4, -0.2) is 21.0 Å². The first-order valence-electron chi connectivity index (χ1n) is 3.70. The molecule has 86 valence electrons. The lowest BCUT2D eigenvalue weighted by Crippen LogP contribution is -2.08. The molecule has 0 unspecified atom stereocenters. The third-order valence-corrected chi connectivity index (χ3v) is 2.30. The zero-order valence-corrected chi connectivity index (χ0v) is 8.94. The number of alkyl halides is 2. The molecule has 0 saturated heterocycles. The first-order valence-corrected chi connectivity index (χ1v) is 4.49. The van der Waals surface area contributed by atoms with Crippen molar-refractivity contribution in [2.45, 2.75) is 6.43 Å². The number of hydrogen-bond donors (Lipinski definition) is 1. The Bertz CT molecular complexity index is 466. The molecule has 0 aliphatic rings. The molecule has 0 radical (unpaired) electrons. The van der Waals surface area contributed by atoms with Gasteiger partial charge in [0.1, 0.15) is 10.2 Å². The van der Waals surface area contributed by atoms with Crippen molar-refractivity contribution in [3.63, 3.8) is 0 Å². The first kappa shape index (κ1) is 12.4. The minimum absolute atomic E-state index is 0.445. The van der Waals surface area contributed by atoms with E-state index in [9.17, 15) is 23.7 Å². The molecule has 9 heteroatoms. The fourth-order valence-electron chi connectivity index (χ4n) is 1.04. The molecule has 1 heterocycles. The fraction of sp³-hybridized carbons (Fsp3) is 0.143. The van der Waals surface area contributed by atoms with Gasteiger partial charge in [-0.15, -0.1) is 0 Å². The van der Waals surface area contributed by atoms with Gasteiger partial charge in [-0.05, 0) is 15.9 Å². The fourth-order valence-corrected chi connectivity index (χ4v) is 1.50. The van der Waals surface area contributed by atoms with Gasteiger partial charge in [0.05, 0.1) is 4.92 Å². The Morgan fingerprint density at radius 2 is 2.19 bits per heavy atom. The van der Waals surface area contributed by atoms with E-state index in [-0.39, 0.29) is 0 Å². The van der Waals surface area contributed by atoms with Crippen LogP contribution in [0.3, 0.4) is 0 Å². The largest absolute Gasteiger partial charge is 0.477 e. The Kier molecular flexibility index (Phi) is 3.48. The highest BCUT2D eigenvalue weighted by Crippen LogP contribution is 2.36. The molecule has 0 amide bonds. The van der Waals surface area contributed by atoms with E-state index in [1.54, 1.807) is 0 Å². The van der Waals surface area contributed by atoms with Crippen molar-refractivity contribution in [2.75, 3.05) is 0 Å². The molecule has 1 aromatic heterocycles. The maximum absolute atomic E-state index is 12.5. The van der Waals surface area contributed by atoms with Gasteiger partial charge in [-0.3, -0.25) is 10.1 Å². The van der Waals surface area contributed by atoms with Crippen LogP contribution in [0.25, 0.3) is 0 Å². The standard InChI is InChI=1S/C7H3BrF2N2O4/c8-5-3(6(9)10)4(12(15)16)2(1-11-5)7(13)14/h1,6H,(H,13,14). The van der Waals surface area contributed by atoms with Crippen molar-refractivity contribution >= 4 is 27.6 Å². The number of carbonyl (C=O) groups is 1. The third kappa shape index (κ3) is 2.13. The minimum atomic E-state index is -3.19. The molecule has 0 spiro atoms. The highest BCUT2D eigenvalue weighted by atomic mass is 79.9. The summed E-state index contributed by atoms with van der Waals surface area (Å²) in [7, 11) is 0. The number of aromatic nitrogens is 1. The van der Waals surface area contributed by atoms with E-state index in [1.807, 2.05) is 0 Å². The van der Waals surface area contributed by atoms with Crippen LogP contribution >= 0.6 is 15.9 Å². The van der Waals surface area contributed by atoms with E-state index >= 15 is 0 Å². The number of rotatable bonds is 3. The number of halogens is 3. The first-order chi connectivity index (χ1) is 7.36. The Balaban J connectivity index is 3.63. The van der Waals surface area contributed by atoms with Crippen LogP contribution in [0, 0.1) is 10.1 Å². The molecule has 0 fully saturated rings. The smallest absolute Gasteiger partial charge is 0.344 e. The molecule has 16 heavy (non-hydrogen) atoms. The number of carboxylic acid groups (broad SMARTS) is 1. The summed E-state index contributed by atoms with van der Waals surface area (Å²) in [6.45, 7) is 0. The third-order valence-electron chi connectivity index (χ3n) is 1.67. The lowest BCUT2D eigenvalue weighted by Gasteiger charge is -2.05. The number of nitrogens with zero attached hydrogens (tertiary/aromatic N) is 2. The van der Waals surface area contributed by atoms with Gasteiger partial charge in [0, 0.05) is 6.20 Å². The summed E-state index contributed by atoms with van der Waals surface area (Å²) in [4.78, 5) is 23.3. The normalized spacial score (nSPS) is 10.5. The van der Waals surface area contributed by atoms with Crippen molar-refractivity contribution in [1.29, 1.82) is 0 Å². The van der Waals surface area contributed by atoms with Crippen LogP contribution < -0.4 is 0 Å². The molecule has 0 aliphatic carbocycles. The maximum atomic E-state index is 12.5. The van der Waals surface area contributed by atoms with Crippen molar-refractivity contribution in [2.24, 2.45) is 0 Å². The quantitative estimate of drug-likeness (QED) is 0.525. The van der Waals surface area contributed by atoms with Crippen molar-refractivity contribution in [3.8, 4) is 0 Å². The highest BCUT2D eigenvalue weighted by Gasteiger charge is 2.32. The zero-order chi connectivity index (χ0) is 12.5. The molecule has 0 bridgehead atoms. The molecule has 0 aliphatic heterocycles. The van der Waals surface area contributed by atoms with Gasteiger partial charge < -0.3 is 5.11 Å². The van der Waals surface area contributed by atoms with Crippen LogP contribution in [0.5, 0.6) is 0 Å². The van der Waals surface area contributed by atoms with Gasteiger partial charge in [-0.25, -0.2) is 18.6 Å². The second kappa shape index (κ2) is 4.47. The van der Waals surface area contributed by atoms with Gasteiger partial charge in [0.15, 0.2) is 5.56 Å². The second-order valence-electron chi connectivity index (χ2n) is 2.59. The summed E-state index contributed by atoms with van der Waals surface area (Å²) < 4.78 is 24.6. The van der Waals surface area contributed by atoms with Gasteiger partial charge in [0.25, 0.3) is 12.1 Å². The summed E-state index contributed by atoms with van der Waals surface area (Å²) in [5.41, 5.74) is -3.06. The number of nitro groups is 1. The van der Waals surface area contributed by atoms with Crippen LogP contribution in [0.4, 0.5) is 14.5 Å². The topological polar surface area (TPSA) is 93.3 Å². The summed E-state index contributed by atoms with van der Waals surface area (Å²) >= 11 is 2.61. The van der Waals surface area contributed by atoms with E-state index in [0.717, 1.165) is 0 Å². The van der Waals surface area contributed by atoms with Crippen LogP contribution in [-0.2, 0) is 0 Å². The molecule has 0 saturated carbocycles.